The molecule has 0 saturated heterocycles. The largest absolute Gasteiger partial charge is 0.334 e. The van der Waals surface area contributed by atoms with Gasteiger partial charge in [-0.3, -0.25) is 0 Å². The van der Waals surface area contributed by atoms with Crippen molar-refractivity contribution in [2.45, 2.75) is 26.4 Å². The molecule has 5 heteroatoms. The van der Waals surface area contributed by atoms with Gasteiger partial charge < -0.3 is 9.88 Å². The highest BCUT2D eigenvalue weighted by atomic mass is 79.9. The van der Waals surface area contributed by atoms with E-state index in [9.17, 15) is 4.39 Å². The Balaban J connectivity index is 2.45. The molecule has 1 aromatic heterocycles. The van der Waals surface area contributed by atoms with E-state index in [2.05, 4.69) is 26.2 Å². The Hall–Kier alpha value is -1.20. The minimum Gasteiger partial charge on any atom is -0.334 e. The summed E-state index contributed by atoms with van der Waals surface area (Å²) in [5, 5.41) is 3.30. The van der Waals surface area contributed by atoms with Crippen LogP contribution < -0.4 is 5.32 Å². The smallest absolute Gasteiger partial charge is 0.130 e. The lowest BCUT2D eigenvalue weighted by molar-refractivity contribution is 0.522. The third-order valence-electron chi connectivity index (χ3n) is 3.03. The zero-order valence-electron chi connectivity index (χ0n) is 11.0. The Labute approximate surface area is 121 Å². The van der Waals surface area contributed by atoms with E-state index in [0.29, 0.717) is 5.56 Å². The second-order valence-electron chi connectivity index (χ2n) is 4.23. The van der Waals surface area contributed by atoms with E-state index in [1.807, 2.05) is 30.7 Å². The summed E-state index contributed by atoms with van der Waals surface area (Å²) in [5.74, 6) is 0.608. The maximum atomic E-state index is 14.1. The normalized spacial score (nSPS) is 12.6. The van der Waals surface area contributed by atoms with E-state index in [0.717, 1.165) is 23.4 Å². The lowest BCUT2D eigenvalue weighted by atomic mass is 10.1. The number of hydrogen-bond acceptors (Lipinski definition) is 2. The maximum Gasteiger partial charge on any atom is 0.130 e. The van der Waals surface area contributed by atoms with Crippen molar-refractivity contribution in [3.05, 3.63) is 52.3 Å². The summed E-state index contributed by atoms with van der Waals surface area (Å²) in [6.45, 7) is 5.61. The predicted molar refractivity (Wildman–Crippen MR) is 77.5 cm³/mol. The summed E-state index contributed by atoms with van der Waals surface area (Å²) in [6, 6.07) is 4.90. The van der Waals surface area contributed by atoms with Gasteiger partial charge in [0.05, 0.1) is 6.04 Å². The van der Waals surface area contributed by atoms with Crippen molar-refractivity contribution in [1.82, 2.24) is 14.9 Å². The van der Waals surface area contributed by atoms with Crippen molar-refractivity contribution >= 4 is 15.9 Å². The van der Waals surface area contributed by atoms with Crippen molar-refractivity contribution in [2.24, 2.45) is 0 Å². The molecular weight excluding hydrogens is 309 g/mol. The van der Waals surface area contributed by atoms with Gasteiger partial charge in [-0.1, -0.05) is 28.9 Å². The topological polar surface area (TPSA) is 29.9 Å². The second-order valence-corrected chi connectivity index (χ2v) is 5.14. The van der Waals surface area contributed by atoms with E-state index in [4.69, 9.17) is 0 Å². The summed E-state index contributed by atoms with van der Waals surface area (Å²) in [7, 11) is 0. The van der Waals surface area contributed by atoms with Gasteiger partial charge in [0.15, 0.2) is 0 Å². The van der Waals surface area contributed by atoms with E-state index in [1.54, 1.807) is 12.3 Å². The number of halogens is 2. The maximum absolute atomic E-state index is 14.1. The third-order valence-corrected chi connectivity index (χ3v) is 3.52. The first-order valence-electron chi connectivity index (χ1n) is 6.36. The van der Waals surface area contributed by atoms with Crippen LogP contribution in [0.15, 0.2) is 35.1 Å². The van der Waals surface area contributed by atoms with Crippen molar-refractivity contribution in [3.63, 3.8) is 0 Å². The van der Waals surface area contributed by atoms with Crippen molar-refractivity contribution in [2.75, 3.05) is 6.54 Å². The van der Waals surface area contributed by atoms with E-state index < -0.39 is 0 Å². The first-order chi connectivity index (χ1) is 9.17. The molecule has 0 aliphatic rings. The summed E-state index contributed by atoms with van der Waals surface area (Å²) in [6.07, 6.45) is 3.66. The number of aryl methyl sites for hydroxylation is 1. The van der Waals surface area contributed by atoms with Crippen molar-refractivity contribution < 1.29 is 4.39 Å². The van der Waals surface area contributed by atoms with Crippen LogP contribution in [0.1, 0.15) is 31.3 Å². The van der Waals surface area contributed by atoms with Crippen LogP contribution in [0.2, 0.25) is 0 Å². The number of benzene rings is 1. The molecule has 0 bridgehead atoms. The van der Waals surface area contributed by atoms with E-state index >= 15 is 0 Å². The van der Waals surface area contributed by atoms with Gasteiger partial charge in [-0.25, -0.2) is 9.37 Å². The Morgan fingerprint density at radius 2 is 2.21 bits per heavy atom. The summed E-state index contributed by atoms with van der Waals surface area (Å²) in [5.41, 5.74) is 0.617. The van der Waals surface area contributed by atoms with Crippen LogP contribution >= 0.6 is 15.9 Å². The summed E-state index contributed by atoms with van der Waals surface area (Å²) >= 11 is 3.28. The number of aromatic nitrogens is 2. The number of nitrogens with one attached hydrogen (secondary N) is 1. The molecule has 2 rings (SSSR count). The molecule has 0 aliphatic carbocycles. The molecule has 1 unspecified atom stereocenters. The van der Waals surface area contributed by atoms with Crippen LogP contribution in [0.3, 0.4) is 0 Å². The molecular formula is C14H17BrFN3. The van der Waals surface area contributed by atoms with Gasteiger partial charge >= 0.3 is 0 Å². The zero-order chi connectivity index (χ0) is 13.8. The average molecular weight is 326 g/mol. The molecule has 0 saturated carbocycles. The standard InChI is InChI=1S/C14H17BrFN3/c1-3-17-13(14-18-7-8-19(14)4-2)11-6-5-10(15)9-12(11)16/h5-9,13,17H,3-4H2,1-2H3. The Morgan fingerprint density at radius 1 is 1.42 bits per heavy atom. The fourth-order valence-electron chi connectivity index (χ4n) is 2.13. The highest BCUT2D eigenvalue weighted by molar-refractivity contribution is 9.10. The van der Waals surface area contributed by atoms with Gasteiger partial charge in [0, 0.05) is 29.0 Å². The first kappa shape index (κ1) is 14.2. The van der Waals surface area contributed by atoms with Gasteiger partial charge in [0.2, 0.25) is 0 Å². The van der Waals surface area contributed by atoms with Crippen LogP contribution in [0.5, 0.6) is 0 Å². The van der Waals surface area contributed by atoms with Crippen molar-refractivity contribution in [1.29, 1.82) is 0 Å². The minimum absolute atomic E-state index is 0.229. The molecule has 0 amide bonds. The molecule has 3 nitrogen and oxygen atoms in total. The Bertz CT molecular complexity index is 553. The van der Waals surface area contributed by atoms with Crippen molar-refractivity contribution in [3.8, 4) is 0 Å². The van der Waals surface area contributed by atoms with Crippen LogP contribution in [-0.4, -0.2) is 16.1 Å². The zero-order valence-corrected chi connectivity index (χ0v) is 12.6. The van der Waals surface area contributed by atoms with Crippen LogP contribution in [-0.2, 0) is 6.54 Å². The first-order valence-corrected chi connectivity index (χ1v) is 7.16. The SMILES string of the molecule is CCNC(c1ccc(Br)cc1F)c1nccn1CC. The van der Waals surface area contributed by atoms with Crippen LogP contribution in [0.25, 0.3) is 0 Å². The van der Waals surface area contributed by atoms with Gasteiger partial charge in [-0.15, -0.1) is 0 Å². The number of imidazole rings is 1. The van der Waals surface area contributed by atoms with Crippen LogP contribution in [0, 0.1) is 5.82 Å². The van der Waals surface area contributed by atoms with Gasteiger partial charge in [0.25, 0.3) is 0 Å². The third kappa shape index (κ3) is 3.04. The van der Waals surface area contributed by atoms with Gasteiger partial charge in [-0.2, -0.15) is 0 Å². The molecule has 0 spiro atoms. The quantitative estimate of drug-likeness (QED) is 0.911. The summed E-state index contributed by atoms with van der Waals surface area (Å²) in [4.78, 5) is 4.37. The van der Waals surface area contributed by atoms with E-state index in [-0.39, 0.29) is 11.9 Å². The molecule has 1 atom stereocenters. The number of rotatable bonds is 5. The fraction of sp³-hybridized carbons (Fsp3) is 0.357. The van der Waals surface area contributed by atoms with E-state index in [1.165, 1.54) is 6.07 Å². The Kier molecular flexibility index (Phi) is 4.71. The second kappa shape index (κ2) is 6.30. The number of nitrogens with zero attached hydrogens (tertiary/aromatic N) is 2. The minimum atomic E-state index is -0.231. The molecule has 19 heavy (non-hydrogen) atoms. The molecule has 2 aromatic rings. The lowest BCUT2D eigenvalue weighted by Crippen LogP contribution is -2.26. The highest BCUT2D eigenvalue weighted by Gasteiger charge is 2.21. The molecule has 0 aliphatic heterocycles. The Morgan fingerprint density at radius 3 is 2.84 bits per heavy atom. The predicted octanol–water partition coefficient (Wildman–Crippen LogP) is 3.50. The monoisotopic (exact) mass is 325 g/mol. The van der Waals surface area contributed by atoms with Gasteiger partial charge in [0.1, 0.15) is 11.6 Å². The fourth-order valence-corrected chi connectivity index (χ4v) is 2.46. The summed E-state index contributed by atoms with van der Waals surface area (Å²) < 4.78 is 16.9. The number of hydrogen-bond donors (Lipinski definition) is 1. The molecule has 1 heterocycles. The average Bonchev–Trinajstić information content (AvgIpc) is 2.85. The highest BCUT2D eigenvalue weighted by Crippen LogP contribution is 2.25. The molecule has 0 radical (unpaired) electrons. The molecule has 102 valence electrons. The van der Waals surface area contributed by atoms with Crippen LogP contribution in [0.4, 0.5) is 4.39 Å². The molecule has 1 aromatic carbocycles. The molecule has 0 fully saturated rings. The lowest BCUT2D eigenvalue weighted by Gasteiger charge is -2.19. The molecule has 1 N–H and O–H groups in total. The van der Waals surface area contributed by atoms with Gasteiger partial charge in [-0.05, 0) is 25.6 Å².